The van der Waals surface area contributed by atoms with Crippen LogP contribution in [0.2, 0.25) is 0 Å². The van der Waals surface area contributed by atoms with Crippen LogP contribution in [0, 0.1) is 5.82 Å². The number of hydrogen-bond acceptors (Lipinski definition) is 4. The van der Waals surface area contributed by atoms with Crippen molar-refractivity contribution in [2.75, 3.05) is 6.61 Å². The number of halogens is 1. The van der Waals surface area contributed by atoms with E-state index in [9.17, 15) is 4.39 Å². The largest absolute Gasteiger partial charge is 0.307 e. The SMILES string of the molecule is CCOOCc1ncn2c1CNCc1cc(F)ccc1-2. The van der Waals surface area contributed by atoms with Gasteiger partial charge in [0.2, 0.25) is 0 Å². The molecule has 6 heteroatoms. The molecule has 1 N–H and O–H groups in total. The molecule has 1 aromatic carbocycles. The lowest BCUT2D eigenvalue weighted by Crippen LogP contribution is -2.12. The van der Waals surface area contributed by atoms with Crippen LogP contribution in [0.15, 0.2) is 24.5 Å². The predicted molar refractivity (Wildman–Crippen MR) is 70.5 cm³/mol. The fourth-order valence-electron chi connectivity index (χ4n) is 2.35. The first-order chi connectivity index (χ1) is 9.79. The molecule has 5 nitrogen and oxygen atoms in total. The fourth-order valence-corrected chi connectivity index (χ4v) is 2.35. The van der Waals surface area contributed by atoms with Gasteiger partial charge in [-0.3, -0.25) is 0 Å². The van der Waals surface area contributed by atoms with Crippen molar-refractivity contribution in [2.45, 2.75) is 26.6 Å². The van der Waals surface area contributed by atoms with Gasteiger partial charge in [-0.2, -0.15) is 0 Å². The van der Waals surface area contributed by atoms with Crippen LogP contribution >= 0.6 is 0 Å². The van der Waals surface area contributed by atoms with Gasteiger partial charge < -0.3 is 9.88 Å². The number of nitrogens with zero attached hydrogens (tertiary/aromatic N) is 2. The van der Waals surface area contributed by atoms with Gasteiger partial charge in [0.1, 0.15) is 12.4 Å². The number of aromatic nitrogens is 2. The fraction of sp³-hybridized carbons (Fsp3) is 0.357. The van der Waals surface area contributed by atoms with Crippen LogP contribution < -0.4 is 5.32 Å². The molecule has 1 aliphatic heterocycles. The van der Waals surface area contributed by atoms with Crippen LogP contribution in [0.4, 0.5) is 4.39 Å². The third-order valence-electron chi connectivity index (χ3n) is 3.26. The van der Waals surface area contributed by atoms with Crippen molar-refractivity contribution in [2.24, 2.45) is 0 Å². The summed E-state index contributed by atoms with van der Waals surface area (Å²) >= 11 is 0. The van der Waals surface area contributed by atoms with E-state index in [1.54, 1.807) is 18.5 Å². The highest BCUT2D eigenvalue weighted by Crippen LogP contribution is 2.23. The summed E-state index contributed by atoms with van der Waals surface area (Å²) in [5.74, 6) is -0.228. The van der Waals surface area contributed by atoms with Gasteiger partial charge in [0.25, 0.3) is 0 Å². The summed E-state index contributed by atoms with van der Waals surface area (Å²) < 4.78 is 15.3. The van der Waals surface area contributed by atoms with Crippen LogP contribution in [-0.2, 0) is 29.5 Å². The highest BCUT2D eigenvalue weighted by Gasteiger charge is 2.18. The van der Waals surface area contributed by atoms with Gasteiger partial charge in [-0.05, 0) is 30.7 Å². The molecule has 0 saturated heterocycles. The summed E-state index contributed by atoms with van der Waals surface area (Å²) in [5, 5.41) is 3.28. The Bertz CT molecular complexity index is 612. The van der Waals surface area contributed by atoms with E-state index in [1.807, 2.05) is 11.5 Å². The highest BCUT2D eigenvalue weighted by molar-refractivity contribution is 5.44. The van der Waals surface area contributed by atoms with E-state index in [0.29, 0.717) is 26.3 Å². The topological polar surface area (TPSA) is 48.3 Å². The zero-order chi connectivity index (χ0) is 13.9. The Kier molecular flexibility index (Phi) is 3.77. The minimum atomic E-state index is -0.228. The summed E-state index contributed by atoms with van der Waals surface area (Å²) in [5.41, 5.74) is 3.69. The molecule has 0 atom stereocenters. The van der Waals surface area contributed by atoms with Crippen molar-refractivity contribution in [1.82, 2.24) is 14.9 Å². The van der Waals surface area contributed by atoms with Crippen molar-refractivity contribution < 1.29 is 14.2 Å². The Hall–Kier alpha value is -1.76. The predicted octanol–water partition coefficient (Wildman–Crippen LogP) is 2.08. The van der Waals surface area contributed by atoms with E-state index in [1.165, 1.54) is 6.07 Å². The van der Waals surface area contributed by atoms with Gasteiger partial charge in [0.05, 0.1) is 30.0 Å². The molecule has 2 heterocycles. The van der Waals surface area contributed by atoms with E-state index < -0.39 is 0 Å². The molecule has 0 fully saturated rings. The van der Waals surface area contributed by atoms with Gasteiger partial charge in [0.15, 0.2) is 0 Å². The third kappa shape index (κ3) is 2.45. The number of rotatable bonds is 4. The molecule has 0 bridgehead atoms. The van der Waals surface area contributed by atoms with E-state index in [2.05, 4.69) is 10.3 Å². The van der Waals surface area contributed by atoms with Crippen LogP contribution in [-0.4, -0.2) is 16.2 Å². The minimum absolute atomic E-state index is 0.228. The standard InChI is InChI=1S/C14H16FN3O2/c1-2-19-20-8-12-14-7-16-6-10-5-11(15)3-4-13(10)18(14)9-17-12/h3-5,9,16H,2,6-8H2,1H3. The quantitative estimate of drug-likeness (QED) is 0.528. The van der Waals surface area contributed by atoms with Gasteiger partial charge in [-0.15, -0.1) is 0 Å². The zero-order valence-electron chi connectivity index (χ0n) is 11.2. The molecule has 2 aromatic rings. The van der Waals surface area contributed by atoms with Crippen molar-refractivity contribution in [1.29, 1.82) is 0 Å². The molecule has 1 aromatic heterocycles. The maximum Gasteiger partial charge on any atom is 0.126 e. The summed E-state index contributed by atoms with van der Waals surface area (Å²) in [6.45, 7) is 3.94. The van der Waals surface area contributed by atoms with Crippen LogP contribution in [0.1, 0.15) is 23.9 Å². The summed E-state index contributed by atoms with van der Waals surface area (Å²) in [6.07, 6.45) is 1.74. The monoisotopic (exact) mass is 277 g/mol. The zero-order valence-corrected chi connectivity index (χ0v) is 11.2. The molecule has 0 unspecified atom stereocenters. The van der Waals surface area contributed by atoms with Gasteiger partial charge in [0, 0.05) is 13.1 Å². The van der Waals surface area contributed by atoms with Crippen molar-refractivity contribution in [3.8, 4) is 5.69 Å². The summed E-state index contributed by atoms with van der Waals surface area (Å²) in [7, 11) is 0. The molecule has 20 heavy (non-hydrogen) atoms. The number of imidazole rings is 1. The number of hydrogen-bond donors (Lipinski definition) is 1. The lowest BCUT2D eigenvalue weighted by molar-refractivity contribution is -0.301. The molecule has 0 amide bonds. The minimum Gasteiger partial charge on any atom is -0.307 e. The van der Waals surface area contributed by atoms with Crippen LogP contribution in [0.5, 0.6) is 0 Å². The van der Waals surface area contributed by atoms with Crippen molar-refractivity contribution >= 4 is 0 Å². The van der Waals surface area contributed by atoms with Gasteiger partial charge in [-0.25, -0.2) is 19.1 Å². The molecule has 0 spiro atoms. The van der Waals surface area contributed by atoms with E-state index >= 15 is 0 Å². The number of nitrogens with one attached hydrogen (secondary N) is 1. The first-order valence-electron chi connectivity index (χ1n) is 6.58. The normalized spacial score (nSPS) is 13.7. The van der Waals surface area contributed by atoms with Gasteiger partial charge >= 0.3 is 0 Å². The van der Waals surface area contributed by atoms with E-state index in [0.717, 1.165) is 22.6 Å². The molecule has 0 aliphatic carbocycles. The van der Waals surface area contributed by atoms with E-state index in [-0.39, 0.29) is 5.82 Å². The number of benzene rings is 1. The summed E-state index contributed by atoms with van der Waals surface area (Å²) in [4.78, 5) is 14.3. The molecular formula is C14H16FN3O2. The second kappa shape index (κ2) is 5.70. The van der Waals surface area contributed by atoms with Crippen molar-refractivity contribution in [3.05, 3.63) is 47.3 Å². The first-order valence-corrected chi connectivity index (χ1v) is 6.58. The third-order valence-corrected chi connectivity index (χ3v) is 3.26. The van der Waals surface area contributed by atoms with E-state index in [4.69, 9.17) is 9.78 Å². The second-order valence-electron chi connectivity index (χ2n) is 4.55. The molecule has 3 rings (SSSR count). The Balaban J connectivity index is 1.95. The molecular weight excluding hydrogens is 261 g/mol. The average Bonchev–Trinajstić information content (AvgIpc) is 2.74. The number of fused-ring (bicyclic) bond motifs is 3. The Morgan fingerprint density at radius 1 is 1.35 bits per heavy atom. The smallest absolute Gasteiger partial charge is 0.126 e. The highest BCUT2D eigenvalue weighted by atomic mass is 19.1. The Labute approximate surface area is 116 Å². The van der Waals surface area contributed by atoms with Crippen LogP contribution in [0.25, 0.3) is 5.69 Å². The lowest BCUT2D eigenvalue weighted by atomic mass is 10.1. The average molecular weight is 277 g/mol. The second-order valence-corrected chi connectivity index (χ2v) is 4.55. The van der Waals surface area contributed by atoms with Gasteiger partial charge in [-0.1, -0.05) is 0 Å². The molecule has 1 aliphatic rings. The first kappa shape index (κ1) is 13.2. The maximum atomic E-state index is 13.3. The lowest BCUT2D eigenvalue weighted by Gasteiger charge is -2.08. The Morgan fingerprint density at radius 3 is 3.10 bits per heavy atom. The van der Waals surface area contributed by atoms with Crippen molar-refractivity contribution in [3.63, 3.8) is 0 Å². The summed E-state index contributed by atoms with van der Waals surface area (Å²) in [6, 6.07) is 4.79. The molecule has 106 valence electrons. The Morgan fingerprint density at radius 2 is 2.25 bits per heavy atom. The van der Waals surface area contributed by atoms with Crippen LogP contribution in [0.3, 0.4) is 0 Å². The maximum absolute atomic E-state index is 13.3. The molecule has 0 saturated carbocycles. The molecule has 0 radical (unpaired) electrons.